The Morgan fingerprint density at radius 3 is 2.81 bits per heavy atom. The van der Waals surface area contributed by atoms with E-state index in [1.54, 1.807) is 7.11 Å². The van der Waals surface area contributed by atoms with Gasteiger partial charge in [-0.1, -0.05) is 6.07 Å². The van der Waals surface area contributed by atoms with Crippen LogP contribution in [0.5, 0.6) is 11.5 Å². The zero-order chi connectivity index (χ0) is 14.8. The Bertz CT molecular complexity index is 652. The van der Waals surface area contributed by atoms with Crippen molar-refractivity contribution in [3.8, 4) is 11.5 Å². The summed E-state index contributed by atoms with van der Waals surface area (Å²) in [5, 5.41) is 3.55. The Balaban J connectivity index is 1.76. The number of aryl methyl sites for hydroxylation is 1. The number of hydrogen-bond donors (Lipinski definition) is 1. The first-order valence-corrected chi connectivity index (χ1v) is 7.34. The third-order valence-corrected chi connectivity index (χ3v) is 3.99. The van der Waals surface area contributed by atoms with Gasteiger partial charge in [0.25, 0.3) is 0 Å². The van der Waals surface area contributed by atoms with Crippen molar-refractivity contribution in [1.29, 1.82) is 0 Å². The maximum absolute atomic E-state index is 5.56. The van der Waals surface area contributed by atoms with Gasteiger partial charge in [0.1, 0.15) is 11.5 Å². The zero-order valence-electron chi connectivity index (χ0n) is 12.8. The normalized spacial score (nSPS) is 14.2. The van der Waals surface area contributed by atoms with Gasteiger partial charge in [0.05, 0.1) is 13.7 Å². The van der Waals surface area contributed by atoms with Gasteiger partial charge in [0.15, 0.2) is 0 Å². The summed E-state index contributed by atoms with van der Waals surface area (Å²) >= 11 is 0. The number of ether oxygens (including phenoxy) is 2. The second-order valence-corrected chi connectivity index (χ2v) is 5.52. The van der Waals surface area contributed by atoms with Gasteiger partial charge < -0.3 is 14.8 Å². The average molecular weight is 283 g/mol. The molecular weight excluding hydrogens is 262 g/mol. The third-order valence-electron chi connectivity index (χ3n) is 3.99. The van der Waals surface area contributed by atoms with Gasteiger partial charge in [-0.05, 0) is 60.9 Å². The molecule has 1 aliphatic heterocycles. The summed E-state index contributed by atoms with van der Waals surface area (Å²) in [4.78, 5) is 0. The molecule has 3 heteroatoms. The summed E-state index contributed by atoms with van der Waals surface area (Å²) < 4.78 is 10.9. The summed E-state index contributed by atoms with van der Waals surface area (Å²) in [7, 11) is 1.70. The summed E-state index contributed by atoms with van der Waals surface area (Å²) in [6.07, 6.45) is 1.01. The fourth-order valence-corrected chi connectivity index (χ4v) is 2.78. The number of methoxy groups -OCH3 is 1. The summed E-state index contributed by atoms with van der Waals surface area (Å²) in [6, 6.07) is 12.9. The van der Waals surface area contributed by atoms with Crippen LogP contribution in [0.4, 0.5) is 5.69 Å². The molecule has 1 heterocycles. The van der Waals surface area contributed by atoms with E-state index in [9.17, 15) is 0 Å². The Hall–Kier alpha value is -2.16. The quantitative estimate of drug-likeness (QED) is 0.916. The Morgan fingerprint density at radius 2 is 2.05 bits per heavy atom. The summed E-state index contributed by atoms with van der Waals surface area (Å²) in [5.41, 5.74) is 4.84. The van der Waals surface area contributed by atoms with Crippen LogP contribution in [0.1, 0.15) is 29.7 Å². The molecule has 0 saturated heterocycles. The number of anilines is 1. The lowest BCUT2D eigenvalue weighted by atomic mass is 10.0. The molecule has 2 aromatic carbocycles. The van der Waals surface area contributed by atoms with E-state index >= 15 is 0 Å². The van der Waals surface area contributed by atoms with Crippen LogP contribution < -0.4 is 14.8 Å². The van der Waals surface area contributed by atoms with E-state index < -0.39 is 0 Å². The number of benzene rings is 2. The molecule has 2 aromatic rings. The molecule has 21 heavy (non-hydrogen) atoms. The molecule has 0 bridgehead atoms. The first-order chi connectivity index (χ1) is 10.2. The molecule has 1 atom stereocenters. The van der Waals surface area contributed by atoms with Crippen LogP contribution in [-0.4, -0.2) is 13.7 Å². The molecule has 0 aromatic heterocycles. The van der Waals surface area contributed by atoms with E-state index in [1.165, 1.54) is 11.1 Å². The predicted octanol–water partition coefficient (Wildman–Crippen LogP) is 4.11. The average Bonchev–Trinajstić information content (AvgIpc) is 2.94. The molecule has 110 valence electrons. The fraction of sp³-hybridized carbons (Fsp3) is 0.333. The van der Waals surface area contributed by atoms with Crippen LogP contribution in [0.3, 0.4) is 0 Å². The monoisotopic (exact) mass is 283 g/mol. The maximum atomic E-state index is 5.56. The molecule has 1 unspecified atom stereocenters. The highest BCUT2D eigenvalue weighted by atomic mass is 16.5. The molecule has 0 fully saturated rings. The lowest BCUT2D eigenvalue weighted by Crippen LogP contribution is -2.07. The first kappa shape index (κ1) is 13.8. The van der Waals surface area contributed by atoms with Crippen LogP contribution in [0.2, 0.25) is 0 Å². The molecule has 1 N–H and O–H groups in total. The molecule has 3 rings (SSSR count). The maximum Gasteiger partial charge on any atom is 0.122 e. The van der Waals surface area contributed by atoms with E-state index in [2.05, 4.69) is 49.5 Å². The fourth-order valence-electron chi connectivity index (χ4n) is 2.78. The molecule has 0 saturated carbocycles. The van der Waals surface area contributed by atoms with E-state index in [4.69, 9.17) is 9.47 Å². The first-order valence-electron chi connectivity index (χ1n) is 7.34. The van der Waals surface area contributed by atoms with Crippen LogP contribution >= 0.6 is 0 Å². The zero-order valence-corrected chi connectivity index (χ0v) is 12.8. The van der Waals surface area contributed by atoms with Gasteiger partial charge >= 0.3 is 0 Å². The Labute approximate surface area is 125 Å². The SMILES string of the molecule is COc1ccc(NC(C)c2ccc3c(c2)CCO3)cc1C. The molecule has 0 amide bonds. The van der Waals surface area contributed by atoms with Gasteiger partial charge in [-0.2, -0.15) is 0 Å². The van der Waals surface area contributed by atoms with Crippen molar-refractivity contribution < 1.29 is 9.47 Å². The van der Waals surface area contributed by atoms with Crippen molar-refractivity contribution in [2.75, 3.05) is 19.0 Å². The smallest absolute Gasteiger partial charge is 0.122 e. The standard InChI is InChI=1S/C18H21NO2/c1-12-10-16(5-7-17(12)20-3)19-13(2)14-4-6-18-15(11-14)8-9-21-18/h4-7,10-11,13,19H,8-9H2,1-3H3. The summed E-state index contributed by atoms with van der Waals surface area (Å²) in [5.74, 6) is 1.95. The van der Waals surface area contributed by atoms with E-state index in [0.29, 0.717) is 0 Å². The number of rotatable bonds is 4. The molecule has 3 nitrogen and oxygen atoms in total. The Morgan fingerprint density at radius 1 is 1.19 bits per heavy atom. The van der Waals surface area contributed by atoms with Gasteiger partial charge in [-0.15, -0.1) is 0 Å². The van der Waals surface area contributed by atoms with Gasteiger partial charge in [-0.25, -0.2) is 0 Å². The largest absolute Gasteiger partial charge is 0.496 e. The highest BCUT2D eigenvalue weighted by Crippen LogP contribution is 2.30. The topological polar surface area (TPSA) is 30.5 Å². The number of hydrogen-bond acceptors (Lipinski definition) is 3. The lowest BCUT2D eigenvalue weighted by molar-refractivity contribution is 0.357. The van der Waals surface area contributed by atoms with Crippen LogP contribution in [0.25, 0.3) is 0 Å². The Kier molecular flexibility index (Phi) is 3.74. The summed E-state index contributed by atoms with van der Waals surface area (Å²) in [6.45, 7) is 5.04. The van der Waals surface area contributed by atoms with Crippen molar-refractivity contribution >= 4 is 5.69 Å². The van der Waals surface area contributed by atoms with E-state index in [0.717, 1.165) is 35.8 Å². The molecule has 0 spiro atoms. The predicted molar refractivity (Wildman–Crippen MR) is 85.4 cm³/mol. The lowest BCUT2D eigenvalue weighted by Gasteiger charge is -2.17. The van der Waals surface area contributed by atoms with Crippen molar-refractivity contribution in [1.82, 2.24) is 0 Å². The van der Waals surface area contributed by atoms with Gasteiger partial charge in [0, 0.05) is 18.2 Å². The van der Waals surface area contributed by atoms with E-state index in [-0.39, 0.29) is 6.04 Å². The van der Waals surface area contributed by atoms with Crippen molar-refractivity contribution in [3.63, 3.8) is 0 Å². The van der Waals surface area contributed by atoms with E-state index in [1.807, 2.05) is 6.07 Å². The van der Waals surface area contributed by atoms with Crippen molar-refractivity contribution in [2.24, 2.45) is 0 Å². The molecule has 1 aliphatic rings. The minimum absolute atomic E-state index is 0.253. The highest BCUT2D eigenvalue weighted by Gasteiger charge is 2.14. The van der Waals surface area contributed by atoms with Gasteiger partial charge in [-0.3, -0.25) is 0 Å². The molecular formula is C18H21NO2. The van der Waals surface area contributed by atoms with Crippen LogP contribution in [0.15, 0.2) is 36.4 Å². The highest BCUT2D eigenvalue weighted by molar-refractivity contribution is 5.52. The van der Waals surface area contributed by atoms with Crippen molar-refractivity contribution in [3.05, 3.63) is 53.1 Å². The third kappa shape index (κ3) is 2.82. The molecule has 0 aliphatic carbocycles. The second-order valence-electron chi connectivity index (χ2n) is 5.52. The van der Waals surface area contributed by atoms with Crippen LogP contribution in [0, 0.1) is 6.92 Å². The molecule has 0 radical (unpaired) electrons. The second kappa shape index (κ2) is 5.68. The van der Waals surface area contributed by atoms with Crippen LogP contribution in [-0.2, 0) is 6.42 Å². The minimum atomic E-state index is 0.253. The number of nitrogens with one attached hydrogen (secondary N) is 1. The minimum Gasteiger partial charge on any atom is -0.496 e. The van der Waals surface area contributed by atoms with Gasteiger partial charge in [0.2, 0.25) is 0 Å². The van der Waals surface area contributed by atoms with Crippen molar-refractivity contribution in [2.45, 2.75) is 26.3 Å². The number of fused-ring (bicyclic) bond motifs is 1.